The fourth-order valence-corrected chi connectivity index (χ4v) is 3.26. The van der Waals surface area contributed by atoms with E-state index in [1.165, 1.54) is 32.2 Å². The summed E-state index contributed by atoms with van der Waals surface area (Å²) in [5.41, 5.74) is 5.80. The highest BCUT2D eigenvalue weighted by Gasteiger charge is 2.26. The molecule has 124 valence electrons. The summed E-state index contributed by atoms with van der Waals surface area (Å²) >= 11 is 0. The van der Waals surface area contributed by atoms with Crippen LogP contribution in [0.2, 0.25) is 0 Å². The van der Waals surface area contributed by atoms with E-state index in [4.69, 9.17) is 10.9 Å². The molecule has 0 aromatic heterocycles. The van der Waals surface area contributed by atoms with Crippen LogP contribution in [-0.2, 0) is 0 Å². The Morgan fingerprint density at radius 3 is 2.29 bits per heavy atom. The largest absolute Gasteiger partial charge is 0.409 e. The Kier molecular flexibility index (Phi) is 8.69. The van der Waals surface area contributed by atoms with Crippen molar-refractivity contribution in [3.63, 3.8) is 0 Å². The van der Waals surface area contributed by atoms with E-state index in [9.17, 15) is 0 Å². The maximum atomic E-state index is 8.88. The standard InChI is InChI=1S/C16H34N4O/c1-4-7-8-14(5-2)13-19-9-11-20(12-10-19)15(6-3)16(17)18-21/h14-15,21H,4-13H2,1-3H3,(H2,17,18). The fraction of sp³-hybridized carbons (Fsp3) is 0.938. The molecule has 1 aliphatic heterocycles. The predicted molar refractivity (Wildman–Crippen MR) is 88.8 cm³/mol. The summed E-state index contributed by atoms with van der Waals surface area (Å²) in [6.07, 6.45) is 6.17. The summed E-state index contributed by atoms with van der Waals surface area (Å²) in [5, 5.41) is 12.1. The van der Waals surface area contributed by atoms with E-state index in [0.29, 0.717) is 5.84 Å². The van der Waals surface area contributed by atoms with Crippen LogP contribution in [0.5, 0.6) is 0 Å². The van der Waals surface area contributed by atoms with Crippen LogP contribution in [0.3, 0.4) is 0 Å². The summed E-state index contributed by atoms with van der Waals surface area (Å²) in [6, 6.07) is 0.0826. The number of amidine groups is 1. The van der Waals surface area contributed by atoms with E-state index in [1.54, 1.807) is 0 Å². The van der Waals surface area contributed by atoms with Crippen LogP contribution in [-0.4, -0.2) is 59.6 Å². The van der Waals surface area contributed by atoms with E-state index < -0.39 is 0 Å². The topological polar surface area (TPSA) is 65.1 Å². The Balaban J connectivity index is 2.40. The Hall–Kier alpha value is -0.810. The molecule has 1 saturated heterocycles. The molecule has 0 spiro atoms. The highest BCUT2D eigenvalue weighted by Crippen LogP contribution is 2.16. The van der Waals surface area contributed by atoms with Crippen molar-refractivity contribution in [1.82, 2.24) is 9.80 Å². The van der Waals surface area contributed by atoms with E-state index in [2.05, 4.69) is 35.7 Å². The van der Waals surface area contributed by atoms with Crippen molar-refractivity contribution in [3.05, 3.63) is 0 Å². The minimum absolute atomic E-state index is 0.0826. The SMILES string of the molecule is CCCCC(CC)CN1CCN(C(CC)C(N)=NO)CC1. The highest BCUT2D eigenvalue weighted by atomic mass is 16.4. The number of hydrogen-bond donors (Lipinski definition) is 2. The van der Waals surface area contributed by atoms with Gasteiger partial charge in [0.1, 0.15) is 0 Å². The summed E-state index contributed by atoms with van der Waals surface area (Å²) in [4.78, 5) is 4.93. The van der Waals surface area contributed by atoms with Crippen molar-refractivity contribution in [3.8, 4) is 0 Å². The van der Waals surface area contributed by atoms with Gasteiger partial charge in [-0.05, 0) is 18.8 Å². The average molecular weight is 298 g/mol. The zero-order valence-electron chi connectivity index (χ0n) is 14.1. The molecule has 5 nitrogen and oxygen atoms in total. The van der Waals surface area contributed by atoms with Crippen LogP contribution in [0.15, 0.2) is 5.16 Å². The Labute approximate surface area is 130 Å². The van der Waals surface area contributed by atoms with Crippen LogP contribution in [0, 0.1) is 5.92 Å². The van der Waals surface area contributed by atoms with Gasteiger partial charge in [0.05, 0.1) is 6.04 Å². The highest BCUT2D eigenvalue weighted by molar-refractivity contribution is 5.85. The number of nitrogens with zero attached hydrogens (tertiary/aromatic N) is 3. The van der Waals surface area contributed by atoms with Crippen molar-refractivity contribution in [2.75, 3.05) is 32.7 Å². The summed E-state index contributed by atoms with van der Waals surface area (Å²) in [7, 11) is 0. The Bertz CT molecular complexity index is 301. The first kappa shape index (κ1) is 18.2. The molecule has 0 radical (unpaired) electrons. The molecule has 0 aliphatic carbocycles. The molecular formula is C16H34N4O. The lowest BCUT2D eigenvalue weighted by Crippen LogP contribution is -2.54. The average Bonchev–Trinajstić information content (AvgIpc) is 2.53. The second-order valence-corrected chi connectivity index (χ2v) is 6.20. The predicted octanol–water partition coefficient (Wildman–Crippen LogP) is 2.35. The molecule has 0 aromatic rings. The van der Waals surface area contributed by atoms with Crippen LogP contribution in [0.1, 0.15) is 52.9 Å². The van der Waals surface area contributed by atoms with Gasteiger partial charge in [0.15, 0.2) is 5.84 Å². The fourth-order valence-electron chi connectivity index (χ4n) is 3.26. The van der Waals surface area contributed by atoms with Crippen LogP contribution in [0.25, 0.3) is 0 Å². The van der Waals surface area contributed by atoms with E-state index >= 15 is 0 Å². The molecule has 2 unspecified atom stereocenters. The van der Waals surface area contributed by atoms with Gasteiger partial charge in [-0.2, -0.15) is 0 Å². The molecule has 1 fully saturated rings. The van der Waals surface area contributed by atoms with Gasteiger partial charge in [0.25, 0.3) is 0 Å². The lowest BCUT2D eigenvalue weighted by molar-refractivity contribution is 0.0996. The van der Waals surface area contributed by atoms with Gasteiger partial charge >= 0.3 is 0 Å². The van der Waals surface area contributed by atoms with E-state index in [0.717, 1.165) is 38.5 Å². The third-order valence-corrected chi connectivity index (χ3v) is 4.75. The zero-order valence-corrected chi connectivity index (χ0v) is 14.1. The molecule has 0 saturated carbocycles. The Morgan fingerprint density at radius 1 is 1.14 bits per heavy atom. The van der Waals surface area contributed by atoms with Gasteiger partial charge in [-0.3, -0.25) is 4.90 Å². The first-order valence-corrected chi connectivity index (χ1v) is 8.59. The Morgan fingerprint density at radius 2 is 1.81 bits per heavy atom. The van der Waals surface area contributed by atoms with Crippen LogP contribution in [0.4, 0.5) is 0 Å². The third-order valence-electron chi connectivity index (χ3n) is 4.75. The minimum atomic E-state index is 0.0826. The molecule has 1 heterocycles. The first-order valence-electron chi connectivity index (χ1n) is 8.59. The molecule has 0 aromatic carbocycles. The normalized spacial score (nSPS) is 21.4. The second kappa shape index (κ2) is 10.0. The summed E-state index contributed by atoms with van der Waals surface area (Å²) < 4.78 is 0. The lowest BCUT2D eigenvalue weighted by Gasteiger charge is -2.39. The number of nitrogens with two attached hydrogens (primary N) is 1. The van der Waals surface area contributed by atoms with Gasteiger partial charge < -0.3 is 15.8 Å². The monoisotopic (exact) mass is 298 g/mol. The molecule has 21 heavy (non-hydrogen) atoms. The molecule has 0 bridgehead atoms. The summed E-state index contributed by atoms with van der Waals surface area (Å²) in [6.45, 7) is 12.1. The third kappa shape index (κ3) is 5.83. The van der Waals surface area contributed by atoms with Crippen LogP contribution < -0.4 is 5.73 Å². The first-order chi connectivity index (χ1) is 10.2. The quantitative estimate of drug-likeness (QED) is 0.297. The zero-order chi connectivity index (χ0) is 15.7. The number of piperazine rings is 1. The number of unbranched alkanes of at least 4 members (excludes halogenated alkanes) is 1. The summed E-state index contributed by atoms with van der Waals surface area (Å²) in [5.74, 6) is 1.18. The molecule has 1 rings (SSSR count). The van der Waals surface area contributed by atoms with Gasteiger partial charge in [-0.1, -0.05) is 45.2 Å². The van der Waals surface area contributed by atoms with Crippen molar-refractivity contribution in [2.24, 2.45) is 16.8 Å². The minimum Gasteiger partial charge on any atom is -0.409 e. The second-order valence-electron chi connectivity index (χ2n) is 6.20. The van der Waals surface area contributed by atoms with Gasteiger partial charge in [0, 0.05) is 32.7 Å². The molecule has 3 N–H and O–H groups in total. The molecule has 5 heteroatoms. The smallest absolute Gasteiger partial charge is 0.156 e. The van der Waals surface area contributed by atoms with Gasteiger partial charge in [-0.15, -0.1) is 0 Å². The van der Waals surface area contributed by atoms with Crippen LogP contribution >= 0.6 is 0 Å². The van der Waals surface area contributed by atoms with Crippen molar-refractivity contribution in [1.29, 1.82) is 0 Å². The van der Waals surface area contributed by atoms with Crippen molar-refractivity contribution in [2.45, 2.75) is 58.9 Å². The lowest BCUT2D eigenvalue weighted by atomic mass is 9.98. The number of rotatable bonds is 9. The molecular weight excluding hydrogens is 264 g/mol. The van der Waals surface area contributed by atoms with Gasteiger partial charge in [0.2, 0.25) is 0 Å². The molecule has 1 aliphatic rings. The maximum absolute atomic E-state index is 8.88. The van der Waals surface area contributed by atoms with E-state index in [1.807, 2.05) is 0 Å². The van der Waals surface area contributed by atoms with Crippen molar-refractivity contribution < 1.29 is 5.21 Å². The van der Waals surface area contributed by atoms with Crippen molar-refractivity contribution >= 4 is 5.84 Å². The molecule has 2 atom stereocenters. The molecule has 0 amide bonds. The van der Waals surface area contributed by atoms with Gasteiger partial charge in [-0.25, -0.2) is 0 Å². The van der Waals surface area contributed by atoms with E-state index in [-0.39, 0.29) is 6.04 Å². The number of oxime groups is 1. The number of hydrogen-bond acceptors (Lipinski definition) is 4. The maximum Gasteiger partial charge on any atom is 0.156 e.